The van der Waals surface area contributed by atoms with Gasteiger partial charge in [-0.05, 0) is 40.8 Å². The standard InChI is InChI=1S/C14H20BrNOS/c1-10(2)8-16(12-5-3-4-6-12)14(17)11-7-13(15)18-9-11/h7,9-10,12H,3-6,8H2,1-2H3. The van der Waals surface area contributed by atoms with Crippen LogP contribution in [-0.4, -0.2) is 23.4 Å². The minimum Gasteiger partial charge on any atom is -0.335 e. The number of halogens is 1. The number of hydrogen-bond donors (Lipinski definition) is 0. The highest BCUT2D eigenvalue weighted by molar-refractivity contribution is 9.11. The van der Waals surface area contributed by atoms with Crippen LogP contribution in [0.1, 0.15) is 49.9 Å². The fourth-order valence-electron chi connectivity index (χ4n) is 2.60. The molecule has 18 heavy (non-hydrogen) atoms. The maximum atomic E-state index is 12.6. The Hall–Kier alpha value is -0.350. The lowest BCUT2D eigenvalue weighted by molar-refractivity contribution is 0.0656. The predicted molar refractivity (Wildman–Crippen MR) is 80.1 cm³/mol. The normalized spacial score (nSPS) is 16.4. The van der Waals surface area contributed by atoms with Gasteiger partial charge in [-0.1, -0.05) is 26.7 Å². The van der Waals surface area contributed by atoms with Gasteiger partial charge in [0.25, 0.3) is 5.91 Å². The van der Waals surface area contributed by atoms with Crippen LogP contribution in [0.25, 0.3) is 0 Å². The van der Waals surface area contributed by atoms with Crippen LogP contribution < -0.4 is 0 Å². The number of carbonyl (C=O) groups excluding carboxylic acids is 1. The van der Waals surface area contributed by atoms with Crippen LogP contribution in [0.3, 0.4) is 0 Å². The highest BCUT2D eigenvalue weighted by Crippen LogP contribution is 2.28. The third kappa shape index (κ3) is 3.35. The monoisotopic (exact) mass is 329 g/mol. The molecule has 0 atom stereocenters. The average molecular weight is 330 g/mol. The molecular formula is C14H20BrNOS. The molecule has 1 fully saturated rings. The largest absolute Gasteiger partial charge is 0.335 e. The first-order valence-corrected chi connectivity index (χ1v) is 8.30. The van der Waals surface area contributed by atoms with Crippen molar-refractivity contribution in [2.45, 2.75) is 45.6 Å². The molecule has 0 radical (unpaired) electrons. The van der Waals surface area contributed by atoms with E-state index in [0.717, 1.165) is 15.9 Å². The topological polar surface area (TPSA) is 20.3 Å². The van der Waals surface area contributed by atoms with Gasteiger partial charge in [-0.15, -0.1) is 11.3 Å². The van der Waals surface area contributed by atoms with E-state index in [1.807, 2.05) is 11.4 Å². The zero-order valence-electron chi connectivity index (χ0n) is 11.0. The lowest BCUT2D eigenvalue weighted by Crippen LogP contribution is -2.41. The Balaban J connectivity index is 2.14. The van der Waals surface area contributed by atoms with E-state index in [1.165, 1.54) is 25.7 Å². The molecule has 1 aromatic heterocycles. The van der Waals surface area contributed by atoms with E-state index in [-0.39, 0.29) is 5.91 Å². The SMILES string of the molecule is CC(C)CN(C(=O)c1csc(Br)c1)C1CCCC1. The van der Waals surface area contributed by atoms with E-state index in [9.17, 15) is 4.79 Å². The van der Waals surface area contributed by atoms with Crippen LogP contribution in [0.2, 0.25) is 0 Å². The summed E-state index contributed by atoms with van der Waals surface area (Å²) in [4.78, 5) is 14.7. The Kier molecular flexibility index (Phi) is 4.84. The molecule has 1 saturated carbocycles. The zero-order chi connectivity index (χ0) is 13.1. The third-order valence-electron chi connectivity index (χ3n) is 3.40. The van der Waals surface area contributed by atoms with E-state index in [0.29, 0.717) is 12.0 Å². The van der Waals surface area contributed by atoms with Crippen molar-refractivity contribution in [2.24, 2.45) is 5.92 Å². The summed E-state index contributed by atoms with van der Waals surface area (Å²) >= 11 is 5.01. The molecule has 0 saturated heterocycles. The fraction of sp³-hybridized carbons (Fsp3) is 0.643. The van der Waals surface area contributed by atoms with E-state index in [2.05, 4.69) is 34.7 Å². The molecule has 1 aliphatic rings. The van der Waals surface area contributed by atoms with Gasteiger partial charge in [0.2, 0.25) is 0 Å². The second kappa shape index (κ2) is 6.20. The third-order valence-corrected chi connectivity index (χ3v) is 4.91. The van der Waals surface area contributed by atoms with Gasteiger partial charge in [-0.3, -0.25) is 4.79 Å². The maximum absolute atomic E-state index is 12.6. The highest BCUT2D eigenvalue weighted by atomic mass is 79.9. The summed E-state index contributed by atoms with van der Waals surface area (Å²) in [5.41, 5.74) is 0.833. The summed E-state index contributed by atoms with van der Waals surface area (Å²) in [5, 5.41) is 1.95. The van der Waals surface area contributed by atoms with Gasteiger partial charge in [-0.2, -0.15) is 0 Å². The summed E-state index contributed by atoms with van der Waals surface area (Å²) in [6, 6.07) is 2.40. The first kappa shape index (κ1) is 14.1. The number of hydrogen-bond acceptors (Lipinski definition) is 2. The fourth-order valence-corrected chi connectivity index (χ4v) is 3.73. The van der Waals surface area contributed by atoms with Crippen molar-refractivity contribution in [1.82, 2.24) is 4.90 Å². The number of amides is 1. The van der Waals surface area contributed by atoms with Gasteiger partial charge in [0, 0.05) is 18.0 Å². The molecule has 0 N–H and O–H groups in total. The quantitative estimate of drug-likeness (QED) is 0.793. The van der Waals surface area contributed by atoms with Crippen LogP contribution in [0.4, 0.5) is 0 Å². The molecule has 0 bridgehead atoms. The smallest absolute Gasteiger partial charge is 0.254 e. The molecular weight excluding hydrogens is 310 g/mol. The number of rotatable bonds is 4. The van der Waals surface area contributed by atoms with Crippen LogP contribution in [-0.2, 0) is 0 Å². The molecule has 0 aromatic carbocycles. The van der Waals surface area contributed by atoms with Crippen LogP contribution in [0, 0.1) is 5.92 Å². The molecule has 100 valence electrons. The van der Waals surface area contributed by atoms with Crippen LogP contribution >= 0.6 is 27.3 Å². The van der Waals surface area contributed by atoms with Crippen LogP contribution in [0.15, 0.2) is 15.2 Å². The van der Waals surface area contributed by atoms with Crippen molar-refractivity contribution in [1.29, 1.82) is 0 Å². The summed E-state index contributed by atoms with van der Waals surface area (Å²) in [6.07, 6.45) is 4.87. The van der Waals surface area contributed by atoms with Gasteiger partial charge < -0.3 is 4.90 Å². The van der Waals surface area contributed by atoms with Gasteiger partial charge in [0.15, 0.2) is 0 Å². The minimum atomic E-state index is 0.206. The highest BCUT2D eigenvalue weighted by Gasteiger charge is 2.28. The van der Waals surface area contributed by atoms with Gasteiger partial charge in [0.1, 0.15) is 0 Å². The molecule has 0 unspecified atom stereocenters. The molecule has 1 aromatic rings. The molecule has 2 rings (SSSR count). The van der Waals surface area contributed by atoms with Gasteiger partial charge in [0.05, 0.1) is 9.35 Å². The Bertz CT molecular complexity index is 410. The molecule has 1 heterocycles. The van der Waals surface area contributed by atoms with E-state index in [4.69, 9.17) is 0 Å². The van der Waals surface area contributed by atoms with Gasteiger partial charge >= 0.3 is 0 Å². The first-order chi connectivity index (χ1) is 8.58. The maximum Gasteiger partial charge on any atom is 0.254 e. The Labute approximate surface area is 122 Å². The summed E-state index contributed by atoms with van der Waals surface area (Å²) in [6.45, 7) is 5.23. The number of carbonyl (C=O) groups is 1. The second-order valence-electron chi connectivity index (χ2n) is 5.43. The molecule has 1 aliphatic carbocycles. The van der Waals surface area contributed by atoms with Gasteiger partial charge in [-0.25, -0.2) is 0 Å². The lowest BCUT2D eigenvalue weighted by Gasteiger charge is -2.30. The molecule has 0 spiro atoms. The summed E-state index contributed by atoms with van der Waals surface area (Å²) < 4.78 is 1.03. The van der Waals surface area contributed by atoms with Crippen molar-refractivity contribution in [3.63, 3.8) is 0 Å². The van der Waals surface area contributed by atoms with Crippen molar-refractivity contribution in [2.75, 3.05) is 6.54 Å². The number of thiophene rings is 1. The Morgan fingerprint density at radius 3 is 2.67 bits per heavy atom. The molecule has 2 nitrogen and oxygen atoms in total. The molecule has 0 aliphatic heterocycles. The van der Waals surface area contributed by atoms with E-state index < -0.39 is 0 Å². The van der Waals surface area contributed by atoms with Crippen LogP contribution in [0.5, 0.6) is 0 Å². The Morgan fingerprint density at radius 2 is 2.17 bits per heavy atom. The summed E-state index contributed by atoms with van der Waals surface area (Å²) in [5.74, 6) is 0.731. The van der Waals surface area contributed by atoms with Crippen molar-refractivity contribution < 1.29 is 4.79 Å². The minimum absolute atomic E-state index is 0.206. The lowest BCUT2D eigenvalue weighted by atomic mass is 10.1. The summed E-state index contributed by atoms with van der Waals surface area (Å²) in [7, 11) is 0. The predicted octanol–water partition coefficient (Wildman–Crippen LogP) is 4.55. The Morgan fingerprint density at radius 1 is 1.50 bits per heavy atom. The average Bonchev–Trinajstić information content (AvgIpc) is 2.95. The van der Waals surface area contributed by atoms with Crippen molar-refractivity contribution in [3.05, 3.63) is 20.8 Å². The molecule has 1 amide bonds. The van der Waals surface area contributed by atoms with Crippen molar-refractivity contribution >= 4 is 33.2 Å². The van der Waals surface area contributed by atoms with E-state index >= 15 is 0 Å². The first-order valence-electron chi connectivity index (χ1n) is 6.63. The second-order valence-corrected chi connectivity index (χ2v) is 7.72. The zero-order valence-corrected chi connectivity index (χ0v) is 13.4. The van der Waals surface area contributed by atoms with E-state index in [1.54, 1.807) is 11.3 Å². The molecule has 4 heteroatoms. The van der Waals surface area contributed by atoms with Crippen molar-refractivity contribution in [3.8, 4) is 0 Å². The number of nitrogens with zero attached hydrogens (tertiary/aromatic N) is 1.